The number of nitriles is 1. The molecule has 34 heavy (non-hydrogen) atoms. The fourth-order valence-electron chi connectivity index (χ4n) is 4.92. The molecule has 7 nitrogen and oxygen atoms in total. The molecule has 0 unspecified atom stereocenters. The van der Waals surface area contributed by atoms with Crippen LogP contribution >= 0.6 is 0 Å². The number of pyridine rings is 1. The van der Waals surface area contributed by atoms with E-state index in [1.165, 1.54) is 25.3 Å². The number of piperidine rings is 1. The molecule has 5 aromatic rings. The fourth-order valence-corrected chi connectivity index (χ4v) is 4.92. The van der Waals surface area contributed by atoms with Gasteiger partial charge in [0.1, 0.15) is 17.7 Å². The average molecular weight is 452 g/mol. The van der Waals surface area contributed by atoms with E-state index in [4.69, 9.17) is 5.73 Å². The Balaban J connectivity index is 1.57. The number of halogens is 1. The molecule has 1 fully saturated rings. The van der Waals surface area contributed by atoms with Gasteiger partial charge in [0, 0.05) is 47.0 Å². The molecule has 168 valence electrons. The normalized spacial score (nSPS) is 14.1. The second-order valence-electron chi connectivity index (χ2n) is 8.65. The van der Waals surface area contributed by atoms with Crippen LogP contribution in [0, 0.1) is 17.1 Å². The number of H-pyrrole nitrogens is 2. The van der Waals surface area contributed by atoms with Crippen LogP contribution in [0.2, 0.25) is 0 Å². The molecule has 3 aromatic heterocycles. The minimum Gasteiger partial charge on any atom is -0.383 e. The third-order valence-corrected chi connectivity index (χ3v) is 6.61. The summed E-state index contributed by atoms with van der Waals surface area (Å²) in [6, 6.07) is 15.4. The van der Waals surface area contributed by atoms with Crippen LogP contribution in [0.3, 0.4) is 0 Å². The number of hydrogen-bond donors (Lipinski definition) is 3. The summed E-state index contributed by atoms with van der Waals surface area (Å²) in [6.45, 7) is 2.09. The van der Waals surface area contributed by atoms with E-state index in [-0.39, 0.29) is 16.8 Å². The molecular weight excluding hydrogens is 429 g/mol. The van der Waals surface area contributed by atoms with E-state index in [1.54, 1.807) is 12.3 Å². The van der Waals surface area contributed by atoms with Gasteiger partial charge in [-0.25, -0.2) is 9.37 Å². The van der Waals surface area contributed by atoms with E-state index in [9.17, 15) is 5.26 Å². The van der Waals surface area contributed by atoms with Gasteiger partial charge in [-0.3, -0.25) is 5.10 Å². The average Bonchev–Trinajstić information content (AvgIpc) is 3.48. The maximum atomic E-state index is 15.2. The Kier molecular flexibility index (Phi) is 4.69. The summed E-state index contributed by atoms with van der Waals surface area (Å²) in [6.07, 6.45) is 5.40. The summed E-state index contributed by atoms with van der Waals surface area (Å²) >= 11 is 0. The van der Waals surface area contributed by atoms with Crippen molar-refractivity contribution >= 4 is 33.4 Å². The van der Waals surface area contributed by atoms with Gasteiger partial charge in [0.15, 0.2) is 5.65 Å². The molecule has 8 heteroatoms. The highest BCUT2D eigenvalue weighted by atomic mass is 19.1. The van der Waals surface area contributed by atoms with Gasteiger partial charge < -0.3 is 15.6 Å². The molecule has 0 saturated carbocycles. The minimum absolute atomic E-state index is 0.247. The third-order valence-electron chi connectivity index (χ3n) is 6.61. The van der Waals surface area contributed by atoms with Crippen molar-refractivity contribution in [2.75, 3.05) is 23.7 Å². The van der Waals surface area contributed by atoms with Gasteiger partial charge in [-0.1, -0.05) is 12.1 Å². The van der Waals surface area contributed by atoms with E-state index < -0.39 is 5.82 Å². The molecule has 1 aliphatic heterocycles. The number of nitrogen functional groups attached to an aromatic ring is 1. The number of fused-ring (bicyclic) bond motifs is 2. The second-order valence-corrected chi connectivity index (χ2v) is 8.65. The number of nitrogens with zero attached hydrogens (tertiary/aromatic N) is 4. The molecule has 0 amide bonds. The van der Waals surface area contributed by atoms with Gasteiger partial charge in [0.25, 0.3) is 0 Å². The number of nitrogens with two attached hydrogens (primary N) is 1. The largest absolute Gasteiger partial charge is 0.383 e. The highest BCUT2D eigenvalue weighted by molar-refractivity contribution is 6.05. The fraction of sp³-hybridized carbons (Fsp3) is 0.192. The molecule has 4 heterocycles. The molecule has 0 radical (unpaired) electrons. The quantitative estimate of drug-likeness (QED) is 0.342. The zero-order chi connectivity index (χ0) is 23.2. The lowest BCUT2D eigenvalue weighted by atomic mass is 9.93. The lowest BCUT2D eigenvalue weighted by molar-refractivity contribution is 0.578. The van der Waals surface area contributed by atoms with Crippen LogP contribution in [-0.4, -0.2) is 33.3 Å². The standard InChI is InChI=1S/C26H22FN7/c27-20-13-21-16(8-9-30-21)12-18(20)24-19(14-28)22(23-25(29)32-33-26(23)31-24)15-4-6-17(7-5-15)34-10-2-1-3-11-34/h4-9,12-13,30H,1-3,10-11H2,(H3,29,31,32,33). The zero-order valence-corrected chi connectivity index (χ0v) is 18.4. The Morgan fingerprint density at radius 3 is 2.62 bits per heavy atom. The van der Waals surface area contributed by atoms with E-state index in [0.29, 0.717) is 27.9 Å². The van der Waals surface area contributed by atoms with E-state index in [1.807, 2.05) is 18.2 Å². The molecule has 0 bridgehead atoms. The first kappa shape index (κ1) is 20.2. The van der Waals surface area contributed by atoms with Crippen molar-refractivity contribution in [2.24, 2.45) is 0 Å². The molecule has 1 aliphatic rings. The number of benzene rings is 2. The second kappa shape index (κ2) is 7.89. The Morgan fingerprint density at radius 1 is 1.06 bits per heavy atom. The van der Waals surface area contributed by atoms with E-state index in [2.05, 4.69) is 43.3 Å². The van der Waals surface area contributed by atoms with Gasteiger partial charge in [-0.15, -0.1) is 0 Å². The monoisotopic (exact) mass is 451 g/mol. The number of hydrogen-bond acceptors (Lipinski definition) is 5. The molecule has 0 aliphatic carbocycles. The first-order valence-electron chi connectivity index (χ1n) is 11.3. The maximum Gasteiger partial charge on any atom is 0.184 e. The van der Waals surface area contributed by atoms with Gasteiger partial charge >= 0.3 is 0 Å². The van der Waals surface area contributed by atoms with Crippen molar-refractivity contribution in [3.63, 3.8) is 0 Å². The van der Waals surface area contributed by atoms with Crippen LogP contribution in [0.5, 0.6) is 0 Å². The van der Waals surface area contributed by atoms with Crippen LogP contribution < -0.4 is 10.6 Å². The molecule has 1 saturated heterocycles. The van der Waals surface area contributed by atoms with Crippen LogP contribution in [0.25, 0.3) is 44.3 Å². The summed E-state index contributed by atoms with van der Waals surface area (Å²) in [5.41, 5.74) is 10.6. The molecule has 0 atom stereocenters. The SMILES string of the molecule is N#Cc1c(-c2cc3cc[nH]c3cc2F)nc2n[nH]c(N)c2c1-c1ccc(N2CCCCC2)cc1. The van der Waals surface area contributed by atoms with Crippen molar-refractivity contribution in [2.45, 2.75) is 19.3 Å². The van der Waals surface area contributed by atoms with Crippen LogP contribution in [-0.2, 0) is 0 Å². The summed E-state index contributed by atoms with van der Waals surface area (Å²) < 4.78 is 15.2. The number of aromatic nitrogens is 4. The van der Waals surface area contributed by atoms with Crippen molar-refractivity contribution in [3.8, 4) is 28.5 Å². The Hall–Kier alpha value is -4.38. The van der Waals surface area contributed by atoms with E-state index in [0.717, 1.165) is 29.7 Å². The number of anilines is 2. The number of rotatable bonds is 3. The Bertz CT molecular complexity index is 1570. The van der Waals surface area contributed by atoms with Crippen LogP contribution in [0.15, 0.2) is 48.7 Å². The highest BCUT2D eigenvalue weighted by Crippen LogP contribution is 2.40. The smallest absolute Gasteiger partial charge is 0.184 e. The molecule has 0 spiro atoms. The lowest BCUT2D eigenvalue weighted by Gasteiger charge is -2.29. The van der Waals surface area contributed by atoms with Gasteiger partial charge in [-0.05, 0) is 55.2 Å². The summed E-state index contributed by atoms with van der Waals surface area (Å²) in [5, 5.41) is 18.6. The molecule has 4 N–H and O–H groups in total. The third kappa shape index (κ3) is 3.17. The van der Waals surface area contributed by atoms with E-state index >= 15 is 4.39 Å². The van der Waals surface area contributed by atoms with Crippen molar-refractivity contribution in [3.05, 3.63) is 60.0 Å². The van der Waals surface area contributed by atoms with Crippen LogP contribution in [0.1, 0.15) is 24.8 Å². The van der Waals surface area contributed by atoms with Crippen molar-refractivity contribution < 1.29 is 4.39 Å². The number of aromatic amines is 2. The van der Waals surface area contributed by atoms with Gasteiger partial charge in [0.2, 0.25) is 0 Å². The Morgan fingerprint density at radius 2 is 1.85 bits per heavy atom. The summed E-state index contributed by atoms with van der Waals surface area (Å²) in [4.78, 5) is 9.94. The van der Waals surface area contributed by atoms with Gasteiger partial charge in [-0.2, -0.15) is 10.4 Å². The van der Waals surface area contributed by atoms with Crippen molar-refractivity contribution in [1.29, 1.82) is 5.26 Å². The predicted molar refractivity (Wildman–Crippen MR) is 132 cm³/mol. The predicted octanol–water partition coefficient (Wildman–Crippen LogP) is 5.36. The van der Waals surface area contributed by atoms with Gasteiger partial charge in [0.05, 0.1) is 16.6 Å². The molecule has 2 aromatic carbocycles. The minimum atomic E-state index is -0.465. The topological polar surface area (TPSA) is 110 Å². The Labute approximate surface area is 195 Å². The number of nitrogens with one attached hydrogen (secondary N) is 2. The zero-order valence-electron chi connectivity index (χ0n) is 18.4. The molecule has 6 rings (SSSR count). The highest BCUT2D eigenvalue weighted by Gasteiger charge is 2.24. The summed E-state index contributed by atoms with van der Waals surface area (Å²) in [5.74, 6) is -0.143. The van der Waals surface area contributed by atoms with Crippen molar-refractivity contribution in [1.82, 2.24) is 20.2 Å². The maximum absolute atomic E-state index is 15.2. The first-order valence-corrected chi connectivity index (χ1v) is 11.3. The summed E-state index contributed by atoms with van der Waals surface area (Å²) in [7, 11) is 0. The first-order chi connectivity index (χ1) is 16.6. The lowest BCUT2D eigenvalue weighted by Crippen LogP contribution is -2.29. The van der Waals surface area contributed by atoms with Crippen LogP contribution in [0.4, 0.5) is 15.9 Å². The molecular formula is C26H22FN7.